The van der Waals surface area contributed by atoms with Gasteiger partial charge in [-0.25, -0.2) is 8.42 Å². The molecule has 2 N–H and O–H groups in total. The van der Waals surface area contributed by atoms with Gasteiger partial charge in [0.15, 0.2) is 9.84 Å². The van der Waals surface area contributed by atoms with E-state index >= 15 is 0 Å². The van der Waals surface area contributed by atoms with E-state index in [0.29, 0.717) is 29.2 Å². The summed E-state index contributed by atoms with van der Waals surface area (Å²) in [5, 5.41) is 6.86. The van der Waals surface area contributed by atoms with E-state index in [9.17, 15) is 8.42 Å². The van der Waals surface area contributed by atoms with E-state index in [1.165, 1.54) is 6.26 Å². The molecule has 7 nitrogen and oxygen atoms in total. The summed E-state index contributed by atoms with van der Waals surface area (Å²) >= 11 is 0. The smallest absolute Gasteiger partial charge is 0.178 e. The van der Waals surface area contributed by atoms with Gasteiger partial charge in [0, 0.05) is 61.0 Å². The molecule has 0 radical (unpaired) electrons. The van der Waals surface area contributed by atoms with Gasteiger partial charge in [0.1, 0.15) is 11.5 Å². The van der Waals surface area contributed by atoms with Crippen LogP contribution in [0, 0.1) is 0 Å². The van der Waals surface area contributed by atoms with Crippen molar-refractivity contribution in [1.29, 1.82) is 0 Å². The first-order chi connectivity index (χ1) is 16.9. The van der Waals surface area contributed by atoms with Gasteiger partial charge in [-0.1, -0.05) is 25.1 Å². The zero-order chi connectivity index (χ0) is 25.0. The highest BCUT2D eigenvalue weighted by Gasteiger charge is 2.28. The molecule has 0 aliphatic carbocycles. The molecule has 35 heavy (non-hydrogen) atoms. The Balaban J connectivity index is 2.07. The number of nitrogens with zero attached hydrogens (tertiary/aromatic N) is 1. The fraction of sp³-hybridized carbons (Fsp3) is 0.333. The number of ether oxygens (including phenoxy) is 2. The number of rotatable bonds is 8. The lowest BCUT2D eigenvalue weighted by atomic mass is 9.97. The lowest BCUT2D eigenvalue weighted by molar-refractivity contribution is 0.394. The summed E-state index contributed by atoms with van der Waals surface area (Å²) in [4.78, 5) is 2.60. The molecule has 0 spiro atoms. The molecule has 0 amide bonds. The number of nitrogens with one attached hydrogen (secondary N) is 2. The van der Waals surface area contributed by atoms with Crippen LogP contribution in [-0.4, -0.2) is 55.1 Å². The van der Waals surface area contributed by atoms with Crippen LogP contribution in [0.4, 0.5) is 17.1 Å². The van der Waals surface area contributed by atoms with Gasteiger partial charge in [-0.2, -0.15) is 0 Å². The van der Waals surface area contributed by atoms with Gasteiger partial charge in [-0.15, -0.1) is 0 Å². The van der Waals surface area contributed by atoms with Gasteiger partial charge in [0.25, 0.3) is 0 Å². The maximum Gasteiger partial charge on any atom is 0.178 e. The van der Waals surface area contributed by atoms with Crippen molar-refractivity contribution in [2.24, 2.45) is 0 Å². The minimum atomic E-state index is -3.63. The summed E-state index contributed by atoms with van der Waals surface area (Å²) in [6.07, 6.45) is 1.95. The topological polar surface area (TPSA) is 79.9 Å². The van der Waals surface area contributed by atoms with Gasteiger partial charge in [-0.05, 0) is 42.3 Å². The molecule has 1 aliphatic rings. The Kier molecular flexibility index (Phi) is 7.52. The number of hydrogen-bond acceptors (Lipinski definition) is 7. The molecule has 1 heterocycles. The molecule has 186 valence electrons. The van der Waals surface area contributed by atoms with Crippen LogP contribution in [0.2, 0.25) is 0 Å². The van der Waals surface area contributed by atoms with E-state index in [1.54, 1.807) is 20.3 Å². The van der Waals surface area contributed by atoms with Crippen molar-refractivity contribution in [2.45, 2.75) is 18.2 Å². The van der Waals surface area contributed by atoms with Crippen molar-refractivity contribution in [1.82, 2.24) is 5.32 Å². The first kappa shape index (κ1) is 24.9. The second-order valence-corrected chi connectivity index (χ2v) is 10.5. The van der Waals surface area contributed by atoms with Gasteiger partial charge in [0.2, 0.25) is 0 Å². The zero-order valence-corrected chi connectivity index (χ0v) is 21.5. The summed E-state index contributed by atoms with van der Waals surface area (Å²) in [6, 6.07) is 17.2. The van der Waals surface area contributed by atoms with Gasteiger partial charge in [-0.3, -0.25) is 0 Å². The second-order valence-electron chi connectivity index (χ2n) is 8.58. The van der Waals surface area contributed by atoms with E-state index in [2.05, 4.69) is 22.5 Å². The average Bonchev–Trinajstić information content (AvgIpc) is 2.88. The summed E-state index contributed by atoms with van der Waals surface area (Å²) in [5.41, 5.74) is 4.81. The standard InChI is InChI=1S/C27H33N3O4S/c1-5-23-25(30-13-11-28-12-14-30)18-24(19-15-21(33-2)17-22(16-19)34-3)27(35(4,31)32)26(23)29-20-9-7-6-8-10-20/h6-10,15-18,28-29H,5,11-14H2,1-4H3. The molecule has 0 atom stereocenters. The minimum absolute atomic E-state index is 0.271. The van der Waals surface area contributed by atoms with Gasteiger partial charge >= 0.3 is 0 Å². The van der Waals surface area contributed by atoms with Crippen molar-refractivity contribution in [3.05, 3.63) is 60.2 Å². The Morgan fingerprint density at radius 2 is 1.60 bits per heavy atom. The first-order valence-electron chi connectivity index (χ1n) is 11.8. The number of piperazine rings is 1. The number of benzene rings is 3. The third-order valence-electron chi connectivity index (χ3n) is 6.25. The minimum Gasteiger partial charge on any atom is -0.497 e. The highest BCUT2D eigenvalue weighted by molar-refractivity contribution is 7.91. The van der Waals surface area contributed by atoms with Crippen molar-refractivity contribution in [3.63, 3.8) is 0 Å². The lowest BCUT2D eigenvalue weighted by Gasteiger charge is -2.33. The maximum atomic E-state index is 13.4. The summed E-state index contributed by atoms with van der Waals surface area (Å²) < 4.78 is 37.7. The van der Waals surface area contributed by atoms with Crippen LogP contribution in [0.15, 0.2) is 59.5 Å². The van der Waals surface area contributed by atoms with Crippen molar-refractivity contribution >= 4 is 26.9 Å². The second kappa shape index (κ2) is 10.6. The quantitative estimate of drug-likeness (QED) is 0.477. The highest BCUT2D eigenvalue weighted by atomic mass is 32.2. The van der Waals surface area contributed by atoms with E-state index in [4.69, 9.17) is 9.47 Å². The lowest BCUT2D eigenvalue weighted by Crippen LogP contribution is -2.44. The molecular weight excluding hydrogens is 462 g/mol. The van der Waals surface area contributed by atoms with Gasteiger partial charge in [0.05, 0.1) is 24.8 Å². The fourth-order valence-electron chi connectivity index (χ4n) is 4.60. The number of sulfone groups is 1. The summed E-state index contributed by atoms with van der Waals surface area (Å²) in [5.74, 6) is 1.19. The Hall–Kier alpha value is -3.23. The van der Waals surface area contributed by atoms with Crippen molar-refractivity contribution in [2.75, 3.05) is 56.9 Å². The Bertz CT molecular complexity index is 1270. The Morgan fingerprint density at radius 1 is 0.971 bits per heavy atom. The molecule has 1 saturated heterocycles. The molecule has 0 aromatic heterocycles. The highest BCUT2D eigenvalue weighted by Crippen LogP contribution is 2.44. The Morgan fingerprint density at radius 3 is 2.14 bits per heavy atom. The van der Waals surface area contributed by atoms with E-state index in [1.807, 2.05) is 48.5 Å². The number of para-hydroxylation sites is 1. The van der Waals surface area contributed by atoms with E-state index in [-0.39, 0.29) is 4.90 Å². The molecule has 8 heteroatoms. The molecule has 0 unspecified atom stereocenters. The molecule has 1 aliphatic heterocycles. The van der Waals surface area contributed by atoms with Crippen molar-refractivity contribution in [3.8, 4) is 22.6 Å². The summed E-state index contributed by atoms with van der Waals surface area (Å²) in [7, 11) is -0.450. The predicted octanol–water partition coefficient (Wildman–Crippen LogP) is 4.49. The van der Waals surface area contributed by atoms with E-state index in [0.717, 1.165) is 48.7 Å². The van der Waals surface area contributed by atoms with E-state index < -0.39 is 9.84 Å². The van der Waals surface area contributed by atoms with Crippen LogP contribution in [0.25, 0.3) is 11.1 Å². The number of methoxy groups -OCH3 is 2. The van der Waals surface area contributed by atoms with Crippen LogP contribution in [0.5, 0.6) is 11.5 Å². The normalized spacial score (nSPS) is 14.0. The first-order valence-corrected chi connectivity index (χ1v) is 13.7. The zero-order valence-electron chi connectivity index (χ0n) is 20.7. The van der Waals surface area contributed by atoms with Crippen LogP contribution < -0.4 is 25.0 Å². The Labute approximate surface area is 208 Å². The third kappa shape index (κ3) is 5.39. The molecular formula is C27H33N3O4S. The maximum absolute atomic E-state index is 13.4. The monoisotopic (exact) mass is 495 g/mol. The number of anilines is 3. The SMILES string of the molecule is CCc1c(N2CCNCC2)cc(-c2cc(OC)cc(OC)c2)c(S(C)(=O)=O)c1Nc1ccccc1. The molecule has 0 bridgehead atoms. The van der Waals surface area contributed by atoms with Crippen LogP contribution in [0.3, 0.4) is 0 Å². The van der Waals surface area contributed by atoms with Crippen LogP contribution in [-0.2, 0) is 16.3 Å². The number of hydrogen-bond donors (Lipinski definition) is 2. The third-order valence-corrected chi connectivity index (χ3v) is 7.42. The average molecular weight is 496 g/mol. The fourth-order valence-corrected chi connectivity index (χ4v) is 5.72. The molecule has 3 aromatic carbocycles. The largest absolute Gasteiger partial charge is 0.497 e. The van der Waals surface area contributed by atoms with Crippen LogP contribution >= 0.6 is 0 Å². The summed E-state index contributed by atoms with van der Waals surface area (Å²) in [6.45, 7) is 5.51. The molecule has 1 fully saturated rings. The predicted molar refractivity (Wildman–Crippen MR) is 142 cm³/mol. The molecule has 4 rings (SSSR count). The molecule has 0 saturated carbocycles. The van der Waals surface area contributed by atoms with Crippen molar-refractivity contribution < 1.29 is 17.9 Å². The molecule has 3 aromatic rings. The van der Waals surface area contributed by atoms with Gasteiger partial charge < -0.3 is 25.0 Å². The van der Waals surface area contributed by atoms with Crippen LogP contribution in [0.1, 0.15) is 12.5 Å².